The Bertz CT molecular complexity index is 870. The van der Waals surface area contributed by atoms with Crippen LogP contribution < -0.4 is 5.32 Å². The lowest BCUT2D eigenvalue weighted by Crippen LogP contribution is -2.42. The van der Waals surface area contributed by atoms with Crippen molar-refractivity contribution in [1.29, 1.82) is 0 Å². The molecule has 0 spiro atoms. The van der Waals surface area contributed by atoms with Crippen molar-refractivity contribution in [2.75, 3.05) is 13.2 Å². The number of carbonyl (C=O) groups excluding carboxylic acids is 2. The normalized spacial score (nSPS) is 13.0. The number of rotatable bonds is 8. The first kappa shape index (κ1) is 20.5. The molecule has 0 aromatic heterocycles. The van der Waals surface area contributed by atoms with Gasteiger partial charge in [-0.05, 0) is 28.7 Å². The molecule has 1 atom stereocenters. The van der Waals surface area contributed by atoms with Crippen LogP contribution in [0.3, 0.4) is 0 Å². The molecular formula is C24H25NO4. The molecule has 0 saturated heterocycles. The lowest BCUT2D eigenvalue weighted by molar-refractivity contribution is -0.146. The van der Waals surface area contributed by atoms with Crippen LogP contribution >= 0.6 is 0 Å². The number of nitrogens with one attached hydrogen (secondary N) is 1. The molecular weight excluding hydrogens is 366 g/mol. The zero-order chi connectivity index (χ0) is 20.6. The van der Waals surface area contributed by atoms with Gasteiger partial charge in [0.05, 0.1) is 6.61 Å². The second kappa shape index (κ2) is 9.79. The van der Waals surface area contributed by atoms with Crippen LogP contribution in [0.5, 0.6) is 0 Å². The van der Waals surface area contributed by atoms with E-state index < -0.39 is 18.1 Å². The van der Waals surface area contributed by atoms with Crippen molar-refractivity contribution < 1.29 is 19.1 Å². The van der Waals surface area contributed by atoms with Gasteiger partial charge < -0.3 is 14.8 Å². The molecule has 0 aliphatic heterocycles. The zero-order valence-corrected chi connectivity index (χ0v) is 16.5. The first-order valence-corrected chi connectivity index (χ1v) is 9.87. The Labute approximate surface area is 171 Å². The number of alkyl carbamates (subject to hydrolysis) is 1. The molecule has 5 heteroatoms. The van der Waals surface area contributed by atoms with Gasteiger partial charge in [0.2, 0.25) is 0 Å². The summed E-state index contributed by atoms with van der Waals surface area (Å²) in [4.78, 5) is 24.5. The van der Waals surface area contributed by atoms with Crippen molar-refractivity contribution >= 4 is 12.1 Å². The largest absolute Gasteiger partial charge is 0.464 e. The fourth-order valence-electron chi connectivity index (χ4n) is 3.51. The molecule has 0 saturated carbocycles. The molecule has 29 heavy (non-hydrogen) atoms. The van der Waals surface area contributed by atoms with Crippen molar-refractivity contribution in [2.24, 2.45) is 0 Å². The zero-order valence-electron chi connectivity index (χ0n) is 16.5. The van der Waals surface area contributed by atoms with Crippen molar-refractivity contribution in [3.63, 3.8) is 0 Å². The van der Waals surface area contributed by atoms with Gasteiger partial charge in [0.1, 0.15) is 12.6 Å². The maximum Gasteiger partial charge on any atom is 0.407 e. The predicted octanol–water partition coefficient (Wildman–Crippen LogP) is 4.26. The van der Waals surface area contributed by atoms with Crippen LogP contribution in [0, 0.1) is 12.3 Å². The third-order valence-corrected chi connectivity index (χ3v) is 4.98. The second-order valence-corrected chi connectivity index (χ2v) is 6.95. The van der Waals surface area contributed by atoms with Crippen molar-refractivity contribution in [2.45, 2.75) is 38.1 Å². The van der Waals surface area contributed by atoms with Gasteiger partial charge in [0.25, 0.3) is 0 Å². The average Bonchev–Trinajstić information content (AvgIpc) is 3.06. The maximum absolute atomic E-state index is 12.3. The van der Waals surface area contributed by atoms with E-state index >= 15 is 0 Å². The van der Waals surface area contributed by atoms with Gasteiger partial charge >= 0.3 is 12.1 Å². The van der Waals surface area contributed by atoms with Gasteiger partial charge in [-0.1, -0.05) is 61.9 Å². The lowest BCUT2D eigenvalue weighted by atomic mass is 9.98. The van der Waals surface area contributed by atoms with Crippen LogP contribution in [-0.2, 0) is 14.3 Å². The standard InChI is InChI=1S/C24H25NO4/c1-3-5-15-28-23(26)22(10-4-2)25-24(27)29-16-21-19-13-8-6-11-17(19)18-12-7-9-14-20(18)21/h2,6-9,11-14,21-22H,3,5,10,15-16H2,1H3,(H,25,27). The number of ether oxygens (including phenoxy) is 2. The van der Waals surface area contributed by atoms with Crippen molar-refractivity contribution in [3.8, 4) is 23.5 Å². The van der Waals surface area contributed by atoms with E-state index in [1.807, 2.05) is 43.3 Å². The summed E-state index contributed by atoms with van der Waals surface area (Å²) in [5, 5.41) is 2.54. The number of terminal acetylenes is 1. The Morgan fingerprint density at radius 1 is 1.07 bits per heavy atom. The third kappa shape index (κ3) is 4.78. The quantitative estimate of drug-likeness (QED) is 0.415. The molecule has 3 rings (SSSR count). The molecule has 1 N–H and O–H groups in total. The lowest BCUT2D eigenvalue weighted by Gasteiger charge is -2.18. The van der Waals surface area contributed by atoms with Crippen molar-refractivity contribution in [1.82, 2.24) is 5.32 Å². The van der Waals surface area contributed by atoms with E-state index in [-0.39, 0.29) is 18.9 Å². The minimum atomic E-state index is -0.910. The molecule has 0 bridgehead atoms. The number of esters is 1. The Balaban J connectivity index is 1.63. The molecule has 0 fully saturated rings. The smallest absolute Gasteiger partial charge is 0.407 e. The molecule has 0 radical (unpaired) electrons. The molecule has 5 nitrogen and oxygen atoms in total. The van der Waals surface area contributed by atoms with Crippen LogP contribution in [0.25, 0.3) is 11.1 Å². The third-order valence-electron chi connectivity index (χ3n) is 4.98. The fourth-order valence-corrected chi connectivity index (χ4v) is 3.51. The second-order valence-electron chi connectivity index (χ2n) is 6.95. The van der Waals surface area contributed by atoms with Gasteiger partial charge in [0, 0.05) is 12.3 Å². The minimum Gasteiger partial charge on any atom is -0.464 e. The number of amides is 1. The maximum atomic E-state index is 12.3. The molecule has 150 valence electrons. The summed E-state index contributed by atoms with van der Waals surface area (Å²) in [6, 6.07) is 15.3. The first-order chi connectivity index (χ1) is 14.2. The number of unbranched alkanes of at least 4 members (excludes halogenated alkanes) is 1. The topological polar surface area (TPSA) is 64.6 Å². The van der Waals surface area contributed by atoms with Gasteiger partial charge in [-0.15, -0.1) is 12.3 Å². The van der Waals surface area contributed by atoms with Gasteiger partial charge in [-0.3, -0.25) is 0 Å². The summed E-state index contributed by atoms with van der Waals surface area (Å²) in [6.45, 7) is 2.48. The average molecular weight is 391 g/mol. The van der Waals surface area contributed by atoms with E-state index in [4.69, 9.17) is 15.9 Å². The Kier molecular flexibility index (Phi) is 6.91. The van der Waals surface area contributed by atoms with Gasteiger partial charge in [-0.2, -0.15) is 0 Å². The van der Waals surface area contributed by atoms with E-state index in [9.17, 15) is 9.59 Å². The highest BCUT2D eigenvalue weighted by Gasteiger charge is 2.29. The fraction of sp³-hybridized carbons (Fsp3) is 0.333. The highest BCUT2D eigenvalue weighted by atomic mass is 16.6. The Morgan fingerprint density at radius 3 is 2.28 bits per heavy atom. The SMILES string of the molecule is C#CCC(NC(=O)OCC1c2ccccc2-c2ccccc21)C(=O)OCCCC. The monoisotopic (exact) mass is 391 g/mol. The van der Waals surface area contributed by atoms with Crippen LogP contribution in [0.1, 0.15) is 43.2 Å². The Morgan fingerprint density at radius 2 is 1.69 bits per heavy atom. The summed E-state index contributed by atoms with van der Waals surface area (Å²) < 4.78 is 10.6. The highest BCUT2D eigenvalue weighted by Crippen LogP contribution is 2.44. The summed E-state index contributed by atoms with van der Waals surface area (Å²) in [5.41, 5.74) is 4.56. The molecule has 2 aromatic carbocycles. The van der Waals surface area contributed by atoms with Crippen LogP contribution in [0.2, 0.25) is 0 Å². The van der Waals surface area contributed by atoms with E-state index in [1.54, 1.807) is 0 Å². The number of hydrogen-bond acceptors (Lipinski definition) is 4. The summed E-state index contributed by atoms with van der Waals surface area (Å²) >= 11 is 0. The Hall–Kier alpha value is -3.26. The minimum absolute atomic E-state index is 0.0456. The molecule has 1 aliphatic carbocycles. The molecule has 1 amide bonds. The van der Waals surface area contributed by atoms with Crippen LogP contribution in [0.15, 0.2) is 48.5 Å². The number of carbonyl (C=O) groups is 2. The number of fused-ring (bicyclic) bond motifs is 3. The van der Waals surface area contributed by atoms with Crippen LogP contribution in [-0.4, -0.2) is 31.3 Å². The highest BCUT2D eigenvalue weighted by molar-refractivity contribution is 5.82. The molecule has 1 aliphatic rings. The molecule has 0 heterocycles. The van der Waals surface area contributed by atoms with E-state index in [1.165, 1.54) is 0 Å². The van der Waals surface area contributed by atoms with E-state index in [0.717, 1.165) is 35.1 Å². The molecule has 1 unspecified atom stereocenters. The van der Waals surface area contributed by atoms with Gasteiger partial charge in [-0.25, -0.2) is 9.59 Å². The summed E-state index contributed by atoms with van der Waals surface area (Å²) in [7, 11) is 0. The summed E-state index contributed by atoms with van der Waals surface area (Å²) in [6.07, 6.45) is 6.37. The molecule has 2 aromatic rings. The van der Waals surface area contributed by atoms with Crippen molar-refractivity contribution in [3.05, 3.63) is 59.7 Å². The number of benzene rings is 2. The number of hydrogen-bond donors (Lipinski definition) is 1. The first-order valence-electron chi connectivity index (χ1n) is 9.87. The summed E-state index contributed by atoms with van der Waals surface area (Å²) in [5.74, 6) is 1.81. The van der Waals surface area contributed by atoms with Gasteiger partial charge in [0.15, 0.2) is 0 Å². The van der Waals surface area contributed by atoms with E-state index in [2.05, 4.69) is 23.4 Å². The predicted molar refractivity (Wildman–Crippen MR) is 111 cm³/mol. The van der Waals surface area contributed by atoms with Crippen LogP contribution in [0.4, 0.5) is 4.79 Å². The van der Waals surface area contributed by atoms with E-state index in [0.29, 0.717) is 6.61 Å².